The van der Waals surface area contributed by atoms with Crippen LogP contribution in [0.4, 0.5) is 9.52 Å². The molecular weight excluding hydrogens is 267 g/mol. The quantitative estimate of drug-likeness (QED) is 0.865. The first-order valence-corrected chi connectivity index (χ1v) is 5.45. The molecule has 72 valence electrons. The molecule has 1 aromatic heterocycles. The van der Waals surface area contributed by atoms with Gasteiger partial charge in [-0.1, -0.05) is 23.5 Å². The fraction of sp³-hybridized carbons (Fsp3) is 0. The Bertz CT molecular complexity index is 470. The van der Waals surface area contributed by atoms with Gasteiger partial charge in [-0.3, -0.25) is 0 Å². The largest absolute Gasteiger partial charge is 0.375 e. The third-order valence-corrected chi connectivity index (χ3v) is 3.21. The molecular formula is C9H6BrFN2S. The Labute approximate surface area is 92.7 Å². The minimum Gasteiger partial charge on any atom is -0.375 e. The maximum atomic E-state index is 13.6. The molecule has 1 aromatic carbocycles. The van der Waals surface area contributed by atoms with E-state index in [1.165, 1.54) is 11.3 Å². The van der Waals surface area contributed by atoms with Crippen molar-refractivity contribution in [2.45, 2.75) is 0 Å². The summed E-state index contributed by atoms with van der Waals surface area (Å²) < 4.78 is 14.0. The van der Waals surface area contributed by atoms with Crippen LogP contribution in [0.3, 0.4) is 0 Å². The molecule has 14 heavy (non-hydrogen) atoms. The molecule has 2 rings (SSSR count). The Hall–Kier alpha value is -0.940. The summed E-state index contributed by atoms with van der Waals surface area (Å²) in [6, 6.07) is 5.13. The zero-order chi connectivity index (χ0) is 10.1. The normalized spacial score (nSPS) is 10.4. The van der Waals surface area contributed by atoms with Crippen LogP contribution in [0.15, 0.2) is 28.9 Å². The van der Waals surface area contributed by atoms with E-state index in [1.807, 2.05) is 0 Å². The van der Waals surface area contributed by atoms with Crippen LogP contribution in [0.25, 0.3) is 10.4 Å². The van der Waals surface area contributed by atoms with E-state index in [9.17, 15) is 4.39 Å². The van der Waals surface area contributed by atoms with E-state index in [4.69, 9.17) is 5.73 Å². The number of nitrogen functional groups attached to an aromatic ring is 1. The van der Waals surface area contributed by atoms with Gasteiger partial charge in [-0.25, -0.2) is 9.37 Å². The highest BCUT2D eigenvalue weighted by Crippen LogP contribution is 2.32. The monoisotopic (exact) mass is 272 g/mol. The first-order valence-electron chi connectivity index (χ1n) is 3.84. The second-order valence-corrected chi connectivity index (χ2v) is 4.58. The van der Waals surface area contributed by atoms with Gasteiger partial charge in [-0.15, -0.1) is 0 Å². The fourth-order valence-electron chi connectivity index (χ4n) is 1.11. The highest BCUT2D eigenvalue weighted by molar-refractivity contribution is 9.10. The van der Waals surface area contributed by atoms with Gasteiger partial charge < -0.3 is 5.73 Å². The van der Waals surface area contributed by atoms with Crippen LogP contribution in [0, 0.1) is 5.82 Å². The predicted octanol–water partition coefficient (Wildman–Crippen LogP) is 3.29. The number of nitrogens with zero attached hydrogens (tertiary/aromatic N) is 1. The van der Waals surface area contributed by atoms with E-state index in [0.29, 0.717) is 15.2 Å². The van der Waals surface area contributed by atoms with E-state index < -0.39 is 0 Å². The Morgan fingerprint density at radius 1 is 1.43 bits per heavy atom. The van der Waals surface area contributed by atoms with Crippen molar-refractivity contribution in [3.8, 4) is 10.4 Å². The molecule has 0 fully saturated rings. The summed E-state index contributed by atoms with van der Waals surface area (Å²) in [6.45, 7) is 0. The second-order valence-electron chi connectivity index (χ2n) is 2.66. The standard InChI is InChI=1S/C9H6BrFN2S/c10-6-3-1-2-5(8(6)11)7-4-13-9(12)14-7/h1-4H,(H2,12,13). The van der Waals surface area contributed by atoms with Gasteiger partial charge in [0.2, 0.25) is 0 Å². The summed E-state index contributed by atoms with van der Waals surface area (Å²) in [6.07, 6.45) is 1.57. The number of benzene rings is 1. The van der Waals surface area contributed by atoms with Crippen molar-refractivity contribution in [3.05, 3.63) is 34.7 Å². The van der Waals surface area contributed by atoms with Gasteiger partial charge in [0.15, 0.2) is 5.13 Å². The Kier molecular flexibility index (Phi) is 2.52. The number of rotatable bonds is 1. The minimum absolute atomic E-state index is 0.281. The van der Waals surface area contributed by atoms with Crippen LogP contribution in [0.2, 0.25) is 0 Å². The predicted molar refractivity (Wildman–Crippen MR) is 59.6 cm³/mol. The molecule has 0 radical (unpaired) electrons. The zero-order valence-corrected chi connectivity index (χ0v) is 9.40. The molecule has 0 spiro atoms. The maximum Gasteiger partial charge on any atom is 0.180 e. The smallest absolute Gasteiger partial charge is 0.180 e. The fourth-order valence-corrected chi connectivity index (χ4v) is 2.18. The summed E-state index contributed by atoms with van der Waals surface area (Å²) in [5.74, 6) is -0.281. The third-order valence-electron chi connectivity index (χ3n) is 1.74. The van der Waals surface area contributed by atoms with E-state index in [-0.39, 0.29) is 5.82 Å². The molecule has 0 aliphatic rings. The number of nitrogens with two attached hydrogens (primary N) is 1. The van der Waals surface area contributed by atoms with E-state index >= 15 is 0 Å². The maximum absolute atomic E-state index is 13.6. The zero-order valence-electron chi connectivity index (χ0n) is 7.00. The number of anilines is 1. The third kappa shape index (κ3) is 1.65. The summed E-state index contributed by atoms with van der Waals surface area (Å²) in [4.78, 5) is 4.62. The van der Waals surface area contributed by atoms with Crippen LogP contribution < -0.4 is 5.73 Å². The van der Waals surface area contributed by atoms with E-state index in [0.717, 1.165) is 4.88 Å². The molecule has 0 saturated heterocycles. The Balaban J connectivity index is 2.57. The van der Waals surface area contributed by atoms with Crippen LogP contribution in [-0.4, -0.2) is 4.98 Å². The van der Waals surface area contributed by atoms with Crippen LogP contribution in [0.5, 0.6) is 0 Å². The highest BCUT2D eigenvalue weighted by atomic mass is 79.9. The molecule has 5 heteroatoms. The molecule has 2 aromatic rings. The molecule has 1 heterocycles. The summed E-state index contributed by atoms with van der Waals surface area (Å²) in [7, 11) is 0. The van der Waals surface area contributed by atoms with Gasteiger partial charge in [-0.2, -0.15) is 0 Å². The summed E-state index contributed by atoms with van der Waals surface area (Å²) in [5.41, 5.74) is 6.00. The van der Waals surface area contributed by atoms with Gasteiger partial charge in [0.25, 0.3) is 0 Å². The highest BCUT2D eigenvalue weighted by Gasteiger charge is 2.10. The number of aromatic nitrogens is 1. The molecule has 0 amide bonds. The molecule has 2 nitrogen and oxygen atoms in total. The van der Waals surface area contributed by atoms with Crippen molar-refractivity contribution >= 4 is 32.4 Å². The SMILES string of the molecule is Nc1ncc(-c2cccc(Br)c2F)s1. The lowest BCUT2D eigenvalue weighted by Crippen LogP contribution is -1.82. The van der Waals surface area contributed by atoms with Gasteiger partial charge >= 0.3 is 0 Å². The van der Waals surface area contributed by atoms with Crippen molar-refractivity contribution < 1.29 is 4.39 Å². The Morgan fingerprint density at radius 3 is 2.86 bits per heavy atom. The number of thiazole rings is 1. The average Bonchev–Trinajstić information content (AvgIpc) is 2.57. The molecule has 0 unspecified atom stereocenters. The minimum atomic E-state index is -0.281. The first kappa shape index (κ1) is 9.61. The first-order chi connectivity index (χ1) is 6.68. The molecule has 0 saturated carbocycles. The lowest BCUT2D eigenvalue weighted by atomic mass is 10.2. The van der Waals surface area contributed by atoms with Gasteiger partial charge in [0.1, 0.15) is 5.82 Å². The van der Waals surface area contributed by atoms with Crippen LogP contribution in [-0.2, 0) is 0 Å². The summed E-state index contributed by atoms with van der Waals surface area (Å²) in [5, 5.41) is 0.444. The van der Waals surface area contributed by atoms with E-state index in [1.54, 1.807) is 24.4 Å². The topological polar surface area (TPSA) is 38.9 Å². The molecule has 2 N–H and O–H groups in total. The van der Waals surface area contributed by atoms with Crippen molar-refractivity contribution in [1.29, 1.82) is 0 Å². The van der Waals surface area contributed by atoms with Crippen LogP contribution >= 0.6 is 27.3 Å². The molecule has 0 aliphatic carbocycles. The van der Waals surface area contributed by atoms with Gasteiger partial charge in [0, 0.05) is 11.8 Å². The van der Waals surface area contributed by atoms with Crippen LogP contribution in [0.1, 0.15) is 0 Å². The van der Waals surface area contributed by atoms with E-state index in [2.05, 4.69) is 20.9 Å². The number of halogens is 2. The lowest BCUT2D eigenvalue weighted by molar-refractivity contribution is 0.625. The average molecular weight is 273 g/mol. The summed E-state index contributed by atoms with van der Waals surface area (Å²) >= 11 is 4.40. The van der Waals surface area contributed by atoms with Gasteiger partial charge in [0.05, 0.1) is 9.35 Å². The van der Waals surface area contributed by atoms with Crippen molar-refractivity contribution in [2.24, 2.45) is 0 Å². The van der Waals surface area contributed by atoms with Crippen molar-refractivity contribution in [2.75, 3.05) is 5.73 Å². The lowest BCUT2D eigenvalue weighted by Gasteiger charge is -2.00. The Morgan fingerprint density at radius 2 is 2.21 bits per heavy atom. The second kappa shape index (κ2) is 3.67. The van der Waals surface area contributed by atoms with Crippen molar-refractivity contribution in [3.63, 3.8) is 0 Å². The molecule has 0 aliphatic heterocycles. The molecule has 0 bridgehead atoms. The number of hydrogen-bond acceptors (Lipinski definition) is 3. The number of hydrogen-bond donors (Lipinski definition) is 1. The molecule has 0 atom stereocenters. The van der Waals surface area contributed by atoms with Gasteiger partial charge in [-0.05, 0) is 22.0 Å². The van der Waals surface area contributed by atoms with Crippen molar-refractivity contribution in [1.82, 2.24) is 4.98 Å².